The molecule has 1 fully saturated rings. The van der Waals surface area contributed by atoms with Gasteiger partial charge in [-0.15, -0.1) is 0 Å². The minimum atomic E-state index is -2.03. The van der Waals surface area contributed by atoms with Crippen LogP contribution in [0.3, 0.4) is 0 Å². The molecule has 1 aliphatic heterocycles. The maximum atomic E-state index is 13.7. The van der Waals surface area contributed by atoms with Gasteiger partial charge in [-0.2, -0.15) is 0 Å². The number of rotatable bonds is 10. The number of primary amides is 1. The molecular weight excluding hydrogens is 488 g/mol. The number of benzene rings is 2. The first kappa shape index (κ1) is 27.0. The summed E-state index contributed by atoms with van der Waals surface area (Å²) in [6.45, 7) is 4.15. The molecular formula is C28H32N4O6. The molecule has 0 saturated carbocycles. The number of nitrogens with one attached hydrogen (secondary N) is 3. The van der Waals surface area contributed by atoms with E-state index in [1.807, 2.05) is 38.1 Å². The molecule has 4 rings (SSSR count). The minimum absolute atomic E-state index is 0.0465. The predicted octanol–water partition coefficient (Wildman–Crippen LogP) is 0.499. The Bertz CT molecular complexity index is 1240. The Kier molecular flexibility index (Phi) is 7.63. The standard InChI is InChI=1S/C28H32N4O6/c1-15(2)13-22(26(36)31-21(23(33)24(29)34)14-16-11-12-30-25(16)35)32-27(37)28(38)19-9-5-3-7-17(19)18-8-4-6-10-20(18)28/h3-10,15-16,21-22,38H,11-14H2,1-2H3,(H2,29,34)(H,30,35)(H,31,36)(H,32,37)/t16-,21-,22+/m0/s1. The molecule has 10 nitrogen and oxygen atoms in total. The Morgan fingerprint density at radius 3 is 2.08 bits per heavy atom. The minimum Gasteiger partial charge on any atom is -0.372 e. The van der Waals surface area contributed by atoms with Gasteiger partial charge in [0.2, 0.25) is 17.6 Å². The second-order valence-electron chi connectivity index (χ2n) is 10.3. The van der Waals surface area contributed by atoms with Gasteiger partial charge in [-0.05, 0) is 36.3 Å². The summed E-state index contributed by atoms with van der Waals surface area (Å²) in [6.07, 6.45) is 0.556. The van der Waals surface area contributed by atoms with Gasteiger partial charge in [0.25, 0.3) is 11.8 Å². The summed E-state index contributed by atoms with van der Waals surface area (Å²) < 4.78 is 0. The summed E-state index contributed by atoms with van der Waals surface area (Å²) in [7, 11) is 0. The molecule has 1 heterocycles. The van der Waals surface area contributed by atoms with Crippen molar-refractivity contribution in [2.24, 2.45) is 17.6 Å². The third-order valence-electron chi connectivity index (χ3n) is 7.14. The molecule has 200 valence electrons. The van der Waals surface area contributed by atoms with Crippen LogP contribution < -0.4 is 21.7 Å². The lowest BCUT2D eigenvalue weighted by atomic mass is 9.89. The first-order chi connectivity index (χ1) is 18.0. The average molecular weight is 521 g/mol. The summed E-state index contributed by atoms with van der Waals surface area (Å²) in [5.41, 5.74) is 5.40. The van der Waals surface area contributed by atoms with Gasteiger partial charge < -0.3 is 26.8 Å². The fraction of sp³-hybridized carbons (Fsp3) is 0.393. The lowest BCUT2D eigenvalue weighted by Gasteiger charge is -2.29. The lowest BCUT2D eigenvalue weighted by molar-refractivity contribution is -0.141. The third kappa shape index (κ3) is 5.04. The summed E-state index contributed by atoms with van der Waals surface area (Å²) in [5, 5.41) is 19.7. The molecule has 0 bridgehead atoms. The first-order valence-electron chi connectivity index (χ1n) is 12.7. The van der Waals surface area contributed by atoms with E-state index in [1.165, 1.54) is 0 Å². The van der Waals surface area contributed by atoms with Gasteiger partial charge in [0.1, 0.15) is 6.04 Å². The van der Waals surface area contributed by atoms with Gasteiger partial charge in [-0.3, -0.25) is 24.0 Å². The topological polar surface area (TPSA) is 168 Å². The van der Waals surface area contributed by atoms with Gasteiger partial charge in [0.15, 0.2) is 5.60 Å². The quantitative estimate of drug-likeness (QED) is 0.286. The fourth-order valence-electron chi connectivity index (χ4n) is 5.25. The summed E-state index contributed by atoms with van der Waals surface area (Å²) in [5.74, 6) is -4.63. The van der Waals surface area contributed by atoms with E-state index in [0.717, 1.165) is 0 Å². The van der Waals surface area contributed by atoms with E-state index in [2.05, 4.69) is 16.0 Å². The van der Waals surface area contributed by atoms with Crippen molar-refractivity contribution in [3.8, 4) is 11.1 Å². The van der Waals surface area contributed by atoms with Crippen molar-refractivity contribution in [3.63, 3.8) is 0 Å². The largest absolute Gasteiger partial charge is 0.372 e. The average Bonchev–Trinajstić information content (AvgIpc) is 3.41. The fourth-order valence-corrected chi connectivity index (χ4v) is 5.25. The van der Waals surface area contributed by atoms with Crippen LogP contribution in [-0.2, 0) is 29.6 Å². The molecule has 2 aromatic rings. The molecule has 0 spiro atoms. The maximum absolute atomic E-state index is 13.7. The Balaban J connectivity index is 1.60. The summed E-state index contributed by atoms with van der Waals surface area (Å²) >= 11 is 0. The molecule has 4 amide bonds. The molecule has 38 heavy (non-hydrogen) atoms. The van der Waals surface area contributed by atoms with Crippen LogP contribution >= 0.6 is 0 Å². The van der Waals surface area contributed by atoms with Crippen LogP contribution in [0.25, 0.3) is 11.1 Å². The van der Waals surface area contributed by atoms with Gasteiger partial charge in [0.05, 0.1) is 6.04 Å². The number of carbonyl (C=O) groups is 5. The van der Waals surface area contributed by atoms with E-state index in [1.54, 1.807) is 24.3 Å². The number of fused-ring (bicyclic) bond motifs is 3. The van der Waals surface area contributed by atoms with Crippen LogP contribution in [0.5, 0.6) is 0 Å². The van der Waals surface area contributed by atoms with Crippen LogP contribution in [0.1, 0.15) is 44.2 Å². The van der Waals surface area contributed by atoms with E-state index in [-0.39, 0.29) is 24.7 Å². The zero-order valence-electron chi connectivity index (χ0n) is 21.3. The molecule has 1 saturated heterocycles. The van der Waals surface area contributed by atoms with Crippen molar-refractivity contribution in [3.05, 3.63) is 59.7 Å². The van der Waals surface area contributed by atoms with Crippen molar-refractivity contribution in [2.75, 3.05) is 6.54 Å². The normalized spacial score (nSPS) is 18.6. The van der Waals surface area contributed by atoms with Crippen LogP contribution in [0.4, 0.5) is 0 Å². The van der Waals surface area contributed by atoms with Crippen molar-refractivity contribution in [1.82, 2.24) is 16.0 Å². The number of amides is 4. The van der Waals surface area contributed by atoms with Crippen molar-refractivity contribution >= 4 is 29.4 Å². The zero-order chi connectivity index (χ0) is 27.6. The van der Waals surface area contributed by atoms with Crippen molar-refractivity contribution in [1.29, 1.82) is 0 Å². The Labute approximate surface area is 220 Å². The van der Waals surface area contributed by atoms with Crippen LogP contribution in [0, 0.1) is 11.8 Å². The van der Waals surface area contributed by atoms with Crippen LogP contribution in [-0.4, -0.2) is 53.1 Å². The highest BCUT2D eigenvalue weighted by Crippen LogP contribution is 2.47. The predicted molar refractivity (Wildman–Crippen MR) is 138 cm³/mol. The molecule has 2 aromatic carbocycles. The monoisotopic (exact) mass is 520 g/mol. The number of carbonyl (C=O) groups excluding carboxylic acids is 5. The number of nitrogens with two attached hydrogens (primary N) is 1. The van der Waals surface area contributed by atoms with E-state index >= 15 is 0 Å². The maximum Gasteiger partial charge on any atom is 0.287 e. The lowest BCUT2D eigenvalue weighted by Crippen LogP contribution is -2.57. The second-order valence-corrected chi connectivity index (χ2v) is 10.3. The highest BCUT2D eigenvalue weighted by molar-refractivity contribution is 6.38. The molecule has 0 radical (unpaired) electrons. The van der Waals surface area contributed by atoms with Gasteiger partial charge in [-0.25, -0.2) is 0 Å². The number of Topliss-reactive ketones (excluding diaryl/α,β-unsaturated/α-hetero) is 1. The molecule has 6 N–H and O–H groups in total. The van der Waals surface area contributed by atoms with Gasteiger partial charge in [-0.1, -0.05) is 62.4 Å². The van der Waals surface area contributed by atoms with Gasteiger partial charge in [0, 0.05) is 23.6 Å². The Morgan fingerprint density at radius 1 is 1.00 bits per heavy atom. The molecule has 0 unspecified atom stereocenters. The molecule has 3 atom stereocenters. The number of hydrogen-bond donors (Lipinski definition) is 5. The molecule has 2 aliphatic rings. The van der Waals surface area contributed by atoms with E-state index < -0.39 is 47.1 Å². The molecule has 10 heteroatoms. The first-order valence-corrected chi connectivity index (χ1v) is 12.7. The Hall–Kier alpha value is -4.05. The highest BCUT2D eigenvalue weighted by atomic mass is 16.3. The SMILES string of the molecule is CC(C)C[C@@H](NC(=O)C1(O)c2ccccc2-c2ccccc21)C(=O)N[C@@H](C[C@@H]1CCNC1=O)C(=O)C(N)=O. The van der Waals surface area contributed by atoms with Gasteiger partial charge >= 0.3 is 0 Å². The summed E-state index contributed by atoms with van der Waals surface area (Å²) in [6, 6.07) is 11.6. The Morgan fingerprint density at radius 2 is 1.58 bits per heavy atom. The third-order valence-corrected chi connectivity index (χ3v) is 7.14. The van der Waals surface area contributed by atoms with Crippen molar-refractivity contribution < 1.29 is 29.1 Å². The smallest absolute Gasteiger partial charge is 0.287 e. The van der Waals surface area contributed by atoms with E-state index in [0.29, 0.717) is 35.2 Å². The van der Waals surface area contributed by atoms with Crippen LogP contribution in [0.15, 0.2) is 48.5 Å². The second kappa shape index (κ2) is 10.7. The molecule has 0 aromatic heterocycles. The van der Waals surface area contributed by atoms with E-state index in [9.17, 15) is 29.1 Å². The summed E-state index contributed by atoms with van der Waals surface area (Å²) in [4.78, 5) is 63.4. The van der Waals surface area contributed by atoms with Crippen LogP contribution in [0.2, 0.25) is 0 Å². The molecule has 1 aliphatic carbocycles. The highest BCUT2D eigenvalue weighted by Gasteiger charge is 2.48. The van der Waals surface area contributed by atoms with Crippen molar-refractivity contribution in [2.45, 2.75) is 50.8 Å². The zero-order valence-corrected chi connectivity index (χ0v) is 21.3. The number of ketones is 1. The number of hydrogen-bond acceptors (Lipinski definition) is 6. The van der Waals surface area contributed by atoms with E-state index in [4.69, 9.17) is 5.73 Å². The number of aliphatic hydroxyl groups is 1.